The van der Waals surface area contributed by atoms with Crippen LogP contribution in [0.5, 0.6) is 0 Å². The summed E-state index contributed by atoms with van der Waals surface area (Å²) in [6.45, 7) is 9.65. The lowest BCUT2D eigenvalue weighted by atomic mass is 10.4. The average Bonchev–Trinajstić information content (AvgIpc) is 2.80. The van der Waals surface area contributed by atoms with E-state index in [1.54, 1.807) is 0 Å². The monoisotopic (exact) mass is 260 g/mol. The van der Waals surface area contributed by atoms with Crippen LogP contribution in [0.4, 0.5) is 0 Å². The number of nitrogens with zero attached hydrogens (tertiary/aromatic N) is 1. The predicted octanol–water partition coefficient (Wildman–Crippen LogP) is 1.43. The van der Waals surface area contributed by atoms with Gasteiger partial charge in [0.05, 0.1) is 12.4 Å². The second kappa shape index (κ2) is 7.81. The van der Waals surface area contributed by atoms with Crippen LogP contribution in [0.25, 0.3) is 0 Å². The van der Waals surface area contributed by atoms with E-state index in [9.17, 15) is 0 Å². The summed E-state index contributed by atoms with van der Waals surface area (Å²) in [5.41, 5.74) is 0. The van der Waals surface area contributed by atoms with E-state index in [0.717, 1.165) is 31.4 Å². The summed E-state index contributed by atoms with van der Waals surface area (Å²) in [4.78, 5) is 4.38. The third-order valence-corrected chi connectivity index (χ3v) is 5.55. The highest BCUT2D eigenvalue weighted by Gasteiger charge is 2.40. The van der Waals surface area contributed by atoms with E-state index in [2.05, 4.69) is 10.3 Å². The Balaban J connectivity index is 2.52. The fourth-order valence-electron chi connectivity index (χ4n) is 1.89. The summed E-state index contributed by atoms with van der Waals surface area (Å²) in [5.74, 6) is 1.06. The molecule has 1 rings (SSSR count). The minimum absolute atomic E-state index is 0.631. The maximum atomic E-state index is 5.78. The van der Waals surface area contributed by atoms with E-state index in [1.165, 1.54) is 0 Å². The molecule has 1 heterocycles. The molecule has 0 atom stereocenters. The first-order valence-corrected chi connectivity index (χ1v) is 8.38. The van der Waals surface area contributed by atoms with Gasteiger partial charge < -0.3 is 18.6 Å². The van der Waals surface area contributed by atoms with Crippen LogP contribution >= 0.6 is 0 Å². The van der Waals surface area contributed by atoms with Crippen LogP contribution in [-0.4, -0.2) is 47.6 Å². The first kappa shape index (κ1) is 14.6. The molecule has 100 valence electrons. The first-order valence-electron chi connectivity index (χ1n) is 6.45. The van der Waals surface area contributed by atoms with Gasteiger partial charge in [0.25, 0.3) is 0 Å². The van der Waals surface area contributed by atoms with E-state index in [0.29, 0.717) is 19.8 Å². The smallest absolute Gasteiger partial charge is 0.374 e. The van der Waals surface area contributed by atoms with Crippen LogP contribution in [-0.2, 0) is 13.3 Å². The van der Waals surface area contributed by atoms with Gasteiger partial charge in [0.1, 0.15) is 0 Å². The third kappa shape index (κ3) is 4.75. The number of hydrogen-bond acceptors (Lipinski definition) is 5. The van der Waals surface area contributed by atoms with Crippen LogP contribution in [0.15, 0.2) is 4.99 Å². The Morgan fingerprint density at radius 2 is 1.71 bits per heavy atom. The molecular formula is C11H24N2O3Si. The quantitative estimate of drug-likeness (QED) is 0.637. The van der Waals surface area contributed by atoms with Gasteiger partial charge in [0.2, 0.25) is 0 Å². The zero-order valence-electron chi connectivity index (χ0n) is 11.1. The van der Waals surface area contributed by atoms with Crippen molar-refractivity contribution in [3.63, 3.8) is 0 Å². The standard InChI is InChI=1S/C11H24N2O3Si/c1-4-14-17(15-5-2,16-6-3)10-7-11-12-8-9-13-11/h4-10H2,1-3H3,(H,12,13). The SMILES string of the molecule is CCO[Si](CCC1=NCCN1)(OCC)OCC. The van der Waals surface area contributed by atoms with E-state index in [-0.39, 0.29) is 0 Å². The molecule has 0 spiro atoms. The molecule has 0 aromatic heterocycles. The molecule has 17 heavy (non-hydrogen) atoms. The number of rotatable bonds is 9. The van der Waals surface area contributed by atoms with Crippen molar-refractivity contribution in [2.75, 3.05) is 32.9 Å². The molecule has 0 saturated heterocycles. The molecule has 0 radical (unpaired) electrons. The number of aliphatic imine (C=N–C) groups is 1. The van der Waals surface area contributed by atoms with Crippen molar-refractivity contribution in [1.29, 1.82) is 0 Å². The largest absolute Gasteiger partial charge is 0.501 e. The van der Waals surface area contributed by atoms with E-state index in [1.807, 2.05) is 20.8 Å². The maximum Gasteiger partial charge on any atom is 0.501 e. The Bertz CT molecular complexity index is 232. The molecular weight excluding hydrogens is 236 g/mol. The minimum atomic E-state index is -2.48. The number of amidine groups is 1. The second-order valence-corrected chi connectivity index (χ2v) is 6.47. The molecule has 0 aromatic carbocycles. The molecule has 0 fully saturated rings. The fourth-order valence-corrected chi connectivity index (χ4v) is 4.43. The van der Waals surface area contributed by atoms with Crippen molar-refractivity contribution in [3.8, 4) is 0 Å². The van der Waals surface area contributed by atoms with Gasteiger partial charge in [-0.05, 0) is 20.8 Å². The molecule has 0 amide bonds. The second-order valence-electron chi connectivity index (χ2n) is 3.74. The molecule has 1 aliphatic rings. The summed E-state index contributed by atoms with van der Waals surface area (Å²) in [6, 6.07) is 0.800. The van der Waals surface area contributed by atoms with Gasteiger partial charge >= 0.3 is 8.80 Å². The van der Waals surface area contributed by atoms with Crippen LogP contribution in [0.3, 0.4) is 0 Å². The van der Waals surface area contributed by atoms with Gasteiger partial charge in [0.15, 0.2) is 0 Å². The van der Waals surface area contributed by atoms with Crippen LogP contribution in [0.1, 0.15) is 27.2 Å². The van der Waals surface area contributed by atoms with Gasteiger partial charge in [-0.15, -0.1) is 0 Å². The molecule has 0 aromatic rings. The molecule has 0 unspecified atom stereocenters. The molecule has 0 saturated carbocycles. The Morgan fingerprint density at radius 1 is 1.12 bits per heavy atom. The Morgan fingerprint density at radius 3 is 2.12 bits per heavy atom. The minimum Gasteiger partial charge on any atom is -0.374 e. The lowest BCUT2D eigenvalue weighted by molar-refractivity contribution is 0.0718. The molecule has 6 heteroatoms. The summed E-state index contributed by atoms with van der Waals surface area (Å²) in [7, 11) is -2.48. The Labute approximate surface area is 105 Å². The molecule has 1 N–H and O–H groups in total. The Hall–Kier alpha value is -0.433. The van der Waals surface area contributed by atoms with Gasteiger partial charge in [-0.2, -0.15) is 0 Å². The zero-order chi connectivity index (χ0) is 12.6. The lowest BCUT2D eigenvalue weighted by Crippen LogP contribution is -2.46. The highest BCUT2D eigenvalue weighted by atomic mass is 28.4. The molecule has 0 bridgehead atoms. The van der Waals surface area contributed by atoms with Gasteiger partial charge in [-0.1, -0.05) is 0 Å². The normalized spacial score (nSPS) is 15.8. The van der Waals surface area contributed by atoms with Crippen LogP contribution in [0.2, 0.25) is 6.04 Å². The summed E-state index contributed by atoms with van der Waals surface area (Å²) < 4.78 is 17.3. The third-order valence-electron chi connectivity index (χ3n) is 2.50. The van der Waals surface area contributed by atoms with Gasteiger partial charge in [0, 0.05) is 38.8 Å². The molecule has 1 aliphatic heterocycles. The van der Waals surface area contributed by atoms with Crippen LogP contribution < -0.4 is 5.32 Å². The molecule has 0 aliphatic carbocycles. The van der Waals surface area contributed by atoms with Crippen molar-refractivity contribution in [2.45, 2.75) is 33.2 Å². The van der Waals surface area contributed by atoms with Crippen molar-refractivity contribution >= 4 is 14.6 Å². The number of nitrogens with one attached hydrogen (secondary N) is 1. The summed E-state index contributed by atoms with van der Waals surface area (Å²) >= 11 is 0. The van der Waals surface area contributed by atoms with E-state index >= 15 is 0 Å². The highest BCUT2D eigenvalue weighted by molar-refractivity contribution is 6.61. The molecule has 5 nitrogen and oxygen atoms in total. The Kier molecular flexibility index (Phi) is 6.72. The van der Waals surface area contributed by atoms with Gasteiger partial charge in [-0.25, -0.2) is 0 Å². The van der Waals surface area contributed by atoms with Crippen molar-refractivity contribution in [2.24, 2.45) is 4.99 Å². The van der Waals surface area contributed by atoms with E-state index in [4.69, 9.17) is 13.3 Å². The number of hydrogen-bond donors (Lipinski definition) is 1. The van der Waals surface area contributed by atoms with Gasteiger partial charge in [-0.3, -0.25) is 4.99 Å². The van der Waals surface area contributed by atoms with Crippen molar-refractivity contribution in [1.82, 2.24) is 5.32 Å². The highest BCUT2D eigenvalue weighted by Crippen LogP contribution is 2.18. The fraction of sp³-hybridized carbons (Fsp3) is 0.909. The van der Waals surface area contributed by atoms with Crippen molar-refractivity contribution in [3.05, 3.63) is 0 Å². The topological polar surface area (TPSA) is 52.1 Å². The first-order chi connectivity index (χ1) is 8.26. The average molecular weight is 260 g/mol. The van der Waals surface area contributed by atoms with Crippen molar-refractivity contribution < 1.29 is 13.3 Å². The maximum absolute atomic E-state index is 5.78. The van der Waals surface area contributed by atoms with Crippen LogP contribution in [0, 0.1) is 0 Å². The summed E-state index contributed by atoms with van der Waals surface area (Å²) in [5, 5.41) is 3.26. The summed E-state index contributed by atoms with van der Waals surface area (Å²) in [6.07, 6.45) is 0.853. The predicted molar refractivity (Wildman–Crippen MR) is 70.4 cm³/mol. The lowest BCUT2D eigenvalue weighted by Gasteiger charge is -2.28. The zero-order valence-corrected chi connectivity index (χ0v) is 12.1. The van der Waals surface area contributed by atoms with E-state index < -0.39 is 8.80 Å².